The number of likely N-dealkylation sites (tertiary alicyclic amines) is 1. The highest BCUT2D eigenvalue weighted by atomic mass is 19.1. The van der Waals surface area contributed by atoms with Gasteiger partial charge < -0.3 is 15.5 Å². The van der Waals surface area contributed by atoms with Crippen LogP contribution in [0.15, 0.2) is 54.6 Å². The van der Waals surface area contributed by atoms with Crippen molar-refractivity contribution in [1.29, 1.82) is 0 Å². The second-order valence-corrected chi connectivity index (χ2v) is 8.39. The number of carbonyl (C=O) groups is 2. The molecule has 1 aliphatic heterocycles. The topological polar surface area (TPSA) is 87.2 Å². The molecule has 7 nitrogen and oxygen atoms in total. The minimum absolute atomic E-state index is 0.0230. The van der Waals surface area contributed by atoms with Crippen LogP contribution in [-0.2, 0) is 9.59 Å². The van der Waals surface area contributed by atoms with E-state index in [1.807, 2.05) is 36.1 Å². The first-order chi connectivity index (χ1) is 16.4. The molecule has 34 heavy (non-hydrogen) atoms. The van der Waals surface area contributed by atoms with Crippen molar-refractivity contribution in [1.82, 2.24) is 14.9 Å². The fourth-order valence-electron chi connectivity index (χ4n) is 4.21. The standard InChI is InChI=1S/C26H28FN5O2/c1-3-25(34)32-13-7-8-18(16-32)26-30-23(21-11-4-5-12-22(21)28-17(2)33)15-24(31-26)29-20-10-6-9-19(27)14-20/h4-6,9-12,14-15,18H,3,7-8,13,16H2,1-2H3,(H,28,33)(H,29,30,31). The highest BCUT2D eigenvalue weighted by Crippen LogP contribution is 2.32. The van der Waals surface area contributed by atoms with E-state index >= 15 is 0 Å². The molecule has 0 radical (unpaired) electrons. The molecule has 2 aromatic carbocycles. The Morgan fingerprint density at radius 2 is 1.94 bits per heavy atom. The molecular weight excluding hydrogens is 433 g/mol. The van der Waals surface area contributed by atoms with E-state index in [1.165, 1.54) is 19.1 Å². The number of nitrogens with zero attached hydrogens (tertiary/aromatic N) is 3. The fraction of sp³-hybridized carbons (Fsp3) is 0.308. The van der Waals surface area contributed by atoms with Gasteiger partial charge in [0.15, 0.2) is 0 Å². The monoisotopic (exact) mass is 461 g/mol. The number of hydrogen-bond donors (Lipinski definition) is 2. The maximum Gasteiger partial charge on any atom is 0.222 e. The van der Waals surface area contributed by atoms with Crippen molar-refractivity contribution >= 4 is 29.0 Å². The van der Waals surface area contributed by atoms with Crippen LogP contribution in [0.3, 0.4) is 0 Å². The normalized spacial score (nSPS) is 15.6. The number of para-hydroxylation sites is 1. The summed E-state index contributed by atoms with van der Waals surface area (Å²) >= 11 is 0. The van der Waals surface area contributed by atoms with E-state index < -0.39 is 0 Å². The lowest BCUT2D eigenvalue weighted by Gasteiger charge is -2.32. The lowest BCUT2D eigenvalue weighted by Crippen LogP contribution is -2.39. The van der Waals surface area contributed by atoms with Gasteiger partial charge in [-0.3, -0.25) is 9.59 Å². The molecule has 4 rings (SSSR count). The smallest absolute Gasteiger partial charge is 0.222 e. The number of aromatic nitrogens is 2. The van der Waals surface area contributed by atoms with Crippen LogP contribution in [0.5, 0.6) is 0 Å². The number of piperidine rings is 1. The summed E-state index contributed by atoms with van der Waals surface area (Å²) in [6.07, 6.45) is 2.20. The summed E-state index contributed by atoms with van der Waals surface area (Å²) in [5.74, 6) is 0.697. The molecular formula is C26H28FN5O2. The minimum atomic E-state index is -0.350. The number of hydrogen-bond acceptors (Lipinski definition) is 5. The van der Waals surface area contributed by atoms with E-state index in [1.54, 1.807) is 18.2 Å². The zero-order valence-corrected chi connectivity index (χ0v) is 19.3. The average Bonchev–Trinajstić information content (AvgIpc) is 2.83. The Morgan fingerprint density at radius 3 is 2.71 bits per heavy atom. The van der Waals surface area contributed by atoms with Gasteiger partial charge in [-0.25, -0.2) is 14.4 Å². The Hall–Kier alpha value is -3.81. The van der Waals surface area contributed by atoms with E-state index in [2.05, 4.69) is 10.6 Å². The third kappa shape index (κ3) is 5.57. The Labute approximate surface area is 198 Å². The first-order valence-corrected chi connectivity index (χ1v) is 11.5. The van der Waals surface area contributed by atoms with Gasteiger partial charge in [0.2, 0.25) is 11.8 Å². The van der Waals surface area contributed by atoms with Gasteiger partial charge in [-0.15, -0.1) is 0 Å². The molecule has 0 bridgehead atoms. The zero-order valence-electron chi connectivity index (χ0n) is 19.3. The maximum atomic E-state index is 13.8. The van der Waals surface area contributed by atoms with Gasteiger partial charge in [-0.1, -0.05) is 31.2 Å². The number of carbonyl (C=O) groups excluding carboxylic acids is 2. The van der Waals surface area contributed by atoms with Gasteiger partial charge >= 0.3 is 0 Å². The summed E-state index contributed by atoms with van der Waals surface area (Å²) in [7, 11) is 0. The fourth-order valence-corrected chi connectivity index (χ4v) is 4.21. The van der Waals surface area contributed by atoms with Crippen LogP contribution in [0.2, 0.25) is 0 Å². The summed E-state index contributed by atoms with van der Waals surface area (Å²) in [6.45, 7) is 4.62. The number of anilines is 3. The Bertz CT molecular complexity index is 1200. The summed E-state index contributed by atoms with van der Waals surface area (Å²) < 4.78 is 13.8. The van der Waals surface area contributed by atoms with Gasteiger partial charge in [0, 0.05) is 49.7 Å². The van der Waals surface area contributed by atoms with Crippen molar-refractivity contribution in [2.75, 3.05) is 23.7 Å². The first-order valence-electron chi connectivity index (χ1n) is 11.5. The maximum absolute atomic E-state index is 13.8. The van der Waals surface area contributed by atoms with Crippen LogP contribution < -0.4 is 10.6 Å². The summed E-state index contributed by atoms with van der Waals surface area (Å²) in [4.78, 5) is 35.5. The SMILES string of the molecule is CCC(=O)N1CCCC(c2nc(Nc3cccc(F)c3)cc(-c3ccccc3NC(C)=O)n2)C1. The van der Waals surface area contributed by atoms with Crippen molar-refractivity contribution in [3.63, 3.8) is 0 Å². The van der Waals surface area contributed by atoms with Gasteiger partial charge in [0.1, 0.15) is 17.5 Å². The number of halogens is 1. The molecule has 0 aliphatic carbocycles. The molecule has 1 unspecified atom stereocenters. The number of benzene rings is 2. The van der Waals surface area contributed by atoms with Crippen molar-refractivity contribution in [2.24, 2.45) is 0 Å². The Morgan fingerprint density at radius 1 is 1.12 bits per heavy atom. The van der Waals surface area contributed by atoms with Gasteiger partial charge in [-0.05, 0) is 37.1 Å². The average molecular weight is 462 g/mol. The predicted molar refractivity (Wildman–Crippen MR) is 130 cm³/mol. The molecule has 1 fully saturated rings. The second kappa shape index (κ2) is 10.4. The molecule has 3 aromatic rings. The van der Waals surface area contributed by atoms with Crippen LogP contribution >= 0.6 is 0 Å². The molecule has 176 valence electrons. The molecule has 2 N–H and O–H groups in total. The molecule has 2 heterocycles. The number of nitrogens with one attached hydrogen (secondary N) is 2. The van der Waals surface area contributed by atoms with Crippen LogP contribution in [0.4, 0.5) is 21.6 Å². The van der Waals surface area contributed by atoms with E-state index in [0.717, 1.165) is 24.9 Å². The van der Waals surface area contributed by atoms with Crippen LogP contribution in [0.1, 0.15) is 44.9 Å². The van der Waals surface area contributed by atoms with Gasteiger partial charge in [-0.2, -0.15) is 0 Å². The van der Waals surface area contributed by atoms with Crippen molar-refractivity contribution in [3.8, 4) is 11.3 Å². The second-order valence-electron chi connectivity index (χ2n) is 8.39. The highest BCUT2D eigenvalue weighted by molar-refractivity contribution is 5.93. The van der Waals surface area contributed by atoms with Crippen LogP contribution in [0.25, 0.3) is 11.3 Å². The lowest BCUT2D eigenvalue weighted by molar-refractivity contribution is -0.132. The molecule has 1 aliphatic rings. The molecule has 1 aromatic heterocycles. The van der Waals surface area contributed by atoms with E-state index in [4.69, 9.17) is 9.97 Å². The largest absolute Gasteiger partial charge is 0.342 e. The van der Waals surface area contributed by atoms with Crippen LogP contribution in [0, 0.1) is 5.82 Å². The van der Waals surface area contributed by atoms with Crippen LogP contribution in [-0.4, -0.2) is 39.8 Å². The quantitative estimate of drug-likeness (QED) is 0.533. The lowest BCUT2D eigenvalue weighted by atomic mass is 9.96. The van der Waals surface area contributed by atoms with E-state index in [9.17, 15) is 14.0 Å². The molecule has 0 spiro atoms. The third-order valence-corrected chi connectivity index (χ3v) is 5.80. The first kappa shape index (κ1) is 23.4. The van der Waals surface area contributed by atoms with Gasteiger partial charge in [0.05, 0.1) is 11.4 Å². The summed E-state index contributed by atoms with van der Waals surface area (Å²) in [5, 5.41) is 6.04. The third-order valence-electron chi connectivity index (χ3n) is 5.80. The van der Waals surface area contributed by atoms with Crippen molar-refractivity contribution in [3.05, 3.63) is 66.2 Å². The van der Waals surface area contributed by atoms with Crippen molar-refractivity contribution < 1.29 is 14.0 Å². The van der Waals surface area contributed by atoms with E-state index in [-0.39, 0.29) is 23.5 Å². The Kier molecular flexibility index (Phi) is 7.15. The summed E-state index contributed by atoms with van der Waals surface area (Å²) in [5.41, 5.74) is 2.59. The van der Waals surface area contributed by atoms with Crippen molar-refractivity contribution in [2.45, 2.75) is 39.0 Å². The number of rotatable bonds is 6. The molecule has 1 atom stereocenters. The number of amides is 2. The predicted octanol–water partition coefficient (Wildman–Crippen LogP) is 5.10. The zero-order chi connectivity index (χ0) is 24.1. The molecule has 0 saturated carbocycles. The van der Waals surface area contributed by atoms with Gasteiger partial charge in [0.25, 0.3) is 0 Å². The molecule has 1 saturated heterocycles. The Balaban J connectivity index is 1.76. The summed E-state index contributed by atoms with van der Waals surface area (Å²) in [6, 6.07) is 15.4. The van der Waals surface area contributed by atoms with E-state index in [0.29, 0.717) is 41.7 Å². The molecule has 8 heteroatoms. The molecule has 2 amide bonds. The highest BCUT2D eigenvalue weighted by Gasteiger charge is 2.27. The minimum Gasteiger partial charge on any atom is -0.342 e.